The summed E-state index contributed by atoms with van der Waals surface area (Å²) in [7, 11) is 0. The normalized spacial score (nSPS) is 17.6. The van der Waals surface area contributed by atoms with Crippen molar-refractivity contribution >= 4 is 28.9 Å². The van der Waals surface area contributed by atoms with Gasteiger partial charge in [0.05, 0.1) is 17.2 Å². The maximum Gasteiger partial charge on any atom is 0.417 e. The molecule has 1 amide bonds. The van der Waals surface area contributed by atoms with Gasteiger partial charge in [-0.25, -0.2) is 0 Å². The first-order valence-electron chi connectivity index (χ1n) is 5.86. The van der Waals surface area contributed by atoms with Crippen molar-refractivity contribution < 1.29 is 18.0 Å². The van der Waals surface area contributed by atoms with Crippen LogP contribution in [-0.4, -0.2) is 16.6 Å². The maximum atomic E-state index is 13.0. The maximum absolute atomic E-state index is 13.0. The van der Waals surface area contributed by atoms with Gasteiger partial charge in [-0.3, -0.25) is 4.79 Å². The molecule has 0 spiro atoms. The number of benzene rings is 1. The van der Waals surface area contributed by atoms with Crippen LogP contribution in [0, 0.1) is 11.3 Å². The second kappa shape index (κ2) is 4.70. The second-order valence-electron chi connectivity index (χ2n) is 4.99. The van der Waals surface area contributed by atoms with Gasteiger partial charge < -0.3 is 10.2 Å². The zero-order chi connectivity index (χ0) is 16.0. The molecule has 1 fully saturated rings. The summed E-state index contributed by atoms with van der Waals surface area (Å²) < 4.78 is 39.0. The number of amides is 1. The van der Waals surface area contributed by atoms with Crippen molar-refractivity contribution in [2.45, 2.75) is 25.6 Å². The van der Waals surface area contributed by atoms with E-state index in [0.717, 1.165) is 12.1 Å². The Bertz CT molecular complexity index is 676. The van der Waals surface area contributed by atoms with Crippen LogP contribution >= 0.6 is 12.2 Å². The third-order valence-electron chi connectivity index (χ3n) is 3.23. The molecule has 4 nitrogen and oxygen atoms in total. The molecule has 0 bridgehead atoms. The first-order valence-corrected chi connectivity index (χ1v) is 6.27. The van der Waals surface area contributed by atoms with Gasteiger partial charge in [0.2, 0.25) is 0 Å². The molecule has 1 saturated heterocycles. The van der Waals surface area contributed by atoms with E-state index in [0.29, 0.717) is 0 Å². The van der Waals surface area contributed by atoms with Crippen LogP contribution in [0.1, 0.15) is 25.0 Å². The predicted octanol–water partition coefficient (Wildman–Crippen LogP) is 2.58. The summed E-state index contributed by atoms with van der Waals surface area (Å²) in [4.78, 5) is 13.1. The van der Waals surface area contributed by atoms with E-state index in [2.05, 4.69) is 5.32 Å². The molecule has 1 aliphatic heterocycles. The summed E-state index contributed by atoms with van der Waals surface area (Å²) in [6.45, 7) is 3.10. The lowest BCUT2D eigenvalue weighted by Gasteiger charge is -2.30. The van der Waals surface area contributed by atoms with E-state index in [9.17, 15) is 18.0 Å². The van der Waals surface area contributed by atoms with E-state index in [1.165, 1.54) is 17.0 Å². The number of hydrogen-bond acceptors (Lipinski definition) is 3. The fourth-order valence-corrected chi connectivity index (χ4v) is 2.53. The van der Waals surface area contributed by atoms with Gasteiger partial charge in [0.25, 0.3) is 5.91 Å². The molecule has 21 heavy (non-hydrogen) atoms. The monoisotopic (exact) mass is 313 g/mol. The number of alkyl halides is 3. The first-order chi connectivity index (χ1) is 9.59. The Kier molecular flexibility index (Phi) is 3.41. The van der Waals surface area contributed by atoms with Gasteiger partial charge >= 0.3 is 6.18 Å². The van der Waals surface area contributed by atoms with Gasteiger partial charge in [-0.1, -0.05) is 0 Å². The number of halogens is 3. The minimum atomic E-state index is -4.66. The molecular weight excluding hydrogens is 303 g/mol. The fraction of sp³-hybridized carbons (Fsp3) is 0.308. The molecule has 2 rings (SSSR count). The standard InChI is InChI=1S/C13H10F3N3OS/c1-12(2)10(20)18-11(21)19(12)8-4-3-7(6-17)9(5-8)13(14,15)16/h3-5H,1-2H3,(H,18,20,21). The highest BCUT2D eigenvalue weighted by atomic mass is 32.1. The van der Waals surface area contributed by atoms with Crippen LogP contribution in [0.2, 0.25) is 0 Å². The quantitative estimate of drug-likeness (QED) is 0.810. The highest BCUT2D eigenvalue weighted by molar-refractivity contribution is 7.80. The van der Waals surface area contributed by atoms with Crippen molar-refractivity contribution in [1.29, 1.82) is 5.26 Å². The number of anilines is 1. The minimum absolute atomic E-state index is 0.0304. The minimum Gasteiger partial charge on any atom is -0.304 e. The van der Waals surface area contributed by atoms with Crippen LogP contribution in [0.3, 0.4) is 0 Å². The molecule has 0 unspecified atom stereocenters. The van der Waals surface area contributed by atoms with Crippen LogP contribution in [0.15, 0.2) is 18.2 Å². The van der Waals surface area contributed by atoms with Gasteiger partial charge in [0, 0.05) is 5.69 Å². The molecule has 0 aromatic heterocycles. The Balaban J connectivity index is 2.59. The van der Waals surface area contributed by atoms with Crippen LogP contribution in [0.5, 0.6) is 0 Å². The Labute approximate surface area is 124 Å². The number of nitrogens with zero attached hydrogens (tertiary/aromatic N) is 2. The summed E-state index contributed by atoms with van der Waals surface area (Å²) in [5.74, 6) is -0.398. The number of carbonyl (C=O) groups is 1. The molecule has 8 heteroatoms. The van der Waals surface area contributed by atoms with Crippen molar-refractivity contribution in [2.75, 3.05) is 4.90 Å². The lowest BCUT2D eigenvalue weighted by atomic mass is 10.0. The Morgan fingerprint density at radius 1 is 1.38 bits per heavy atom. The van der Waals surface area contributed by atoms with Crippen molar-refractivity contribution in [1.82, 2.24) is 5.32 Å². The number of carbonyl (C=O) groups excluding carboxylic acids is 1. The molecular formula is C13H10F3N3OS. The molecule has 1 aromatic carbocycles. The lowest BCUT2D eigenvalue weighted by Crippen LogP contribution is -2.44. The number of hydrogen-bond donors (Lipinski definition) is 1. The molecule has 0 saturated carbocycles. The van der Waals surface area contributed by atoms with Crippen molar-refractivity contribution in [3.05, 3.63) is 29.3 Å². The highest BCUT2D eigenvalue weighted by Crippen LogP contribution is 2.37. The summed E-state index contributed by atoms with van der Waals surface area (Å²) in [6, 6.07) is 4.74. The molecule has 1 heterocycles. The predicted molar refractivity (Wildman–Crippen MR) is 73.5 cm³/mol. The zero-order valence-corrected chi connectivity index (χ0v) is 11.9. The van der Waals surface area contributed by atoms with Gasteiger partial charge in [0.1, 0.15) is 5.54 Å². The van der Waals surface area contributed by atoms with Crippen molar-refractivity contribution in [3.8, 4) is 6.07 Å². The molecule has 0 atom stereocenters. The Morgan fingerprint density at radius 2 is 2.00 bits per heavy atom. The summed E-state index contributed by atoms with van der Waals surface area (Å²) in [6.07, 6.45) is -4.66. The smallest absolute Gasteiger partial charge is 0.304 e. The van der Waals surface area contributed by atoms with Gasteiger partial charge in [-0.15, -0.1) is 0 Å². The molecule has 0 aliphatic carbocycles. The van der Waals surface area contributed by atoms with Crippen LogP contribution < -0.4 is 10.2 Å². The zero-order valence-electron chi connectivity index (χ0n) is 11.1. The van der Waals surface area contributed by atoms with Gasteiger partial charge in [-0.2, -0.15) is 18.4 Å². The first kappa shape index (κ1) is 15.3. The van der Waals surface area contributed by atoms with E-state index in [1.807, 2.05) is 0 Å². The number of rotatable bonds is 1. The van der Waals surface area contributed by atoms with E-state index in [-0.39, 0.29) is 10.8 Å². The molecule has 1 aromatic rings. The average molecular weight is 313 g/mol. The van der Waals surface area contributed by atoms with Crippen LogP contribution in [0.4, 0.5) is 18.9 Å². The van der Waals surface area contributed by atoms with E-state index in [1.54, 1.807) is 13.8 Å². The molecule has 1 aliphatic rings. The van der Waals surface area contributed by atoms with E-state index < -0.39 is 28.7 Å². The van der Waals surface area contributed by atoms with E-state index in [4.69, 9.17) is 17.5 Å². The Hall–Kier alpha value is -2.14. The number of nitriles is 1. The highest BCUT2D eigenvalue weighted by Gasteiger charge is 2.45. The molecule has 110 valence electrons. The number of nitrogens with one attached hydrogen (secondary N) is 1. The third-order valence-corrected chi connectivity index (χ3v) is 3.51. The molecule has 0 radical (unpaired) electrons. The molecule has 1 N–H and O–H groups in total. The summed E-state index contributed by atoms with van der Waals surface area (Å²) in [5, 5.41) is 11.2. The largest absolute Gasteiger partial charge is 0.417 e. The second-order valence-corrected chi connectivity index (χ2v) is 5.38. The van der Waals surface area contributed by atoms with Crippen molar-refractivity contribution in [3.63, 3.8) is 0 Å². The van der Waals surface area contributed by atoms with E-state index >= 15 is 0 Å². The Morgan fingerprint density at radius 3 is 2.43 bits per heavy atom. The van der Waals surface area contributed by atoms with Gasteiger partial charge in [0.15, 0.2) is 5.11 Å². The van der Waals surface area contributed by atoms with Crippen LogP contribution in [0.25, 0.3) is 0 Å². The SMILES string of the molecule is CC1(C)C(=O)NC(=S)N1c1ccc(C#N)c(C(F)(F)F)c1. The summed E-state index contributed by atoms with van der Waals surface area (Å²) in [5.41, 5.74) is -2.53. The van der Waals surface area contributed by atoms with Gasteiger partial charge in [-0.05, 0) is 44.3 Å². The number of thiocarbonyl (C=S) groups is 1. The lowest BCUT2D eigenvalue weighted by molar-refractivity contribution is -0.137. The van der Waals surface area contributed by atoms with Crippen LogP contribution in [-0.2, 0) is 11.0 Å². The average Bonchev–Trinajstić information content (AvgIpc) is 2.56. The fourth-order valence-electron chi connectivity index (χ4n) is 2.10. The van der Waals surface area contributed by atoms with Crippen molar-refractivity contribution in [2.24, 2.45) is 0 Å². The summed E-state index contributed by atoms with van der Waals surface area (Å²) >= 11 is 4.99. The topological polar surface area (TPSA) is 56.1 Å². The third kappa shape index (κ3) is 2.45.